The molecule has 0 fully saturated rings. The zero-order valence-corrected chi connectivity index (χ0v) is 11.1. The number of rotatable bonds is 3. The Morgan fingerprint density at radius 1 is 1.33 bits per heavy atom. The minimum atomic E-state index is -0.677. The van der Waals surface area contributed by atoms with Crippen molar-refractivity contribution in [3.8, 4) is 29.1 Å². The lowest BCUT2D eigenvalue weighted by atomic mass is 10.0. The molecule has 0 spiro atoms. The molecule has 0 saturated carbocycles. The van der Waals surface area contributed by atoms with Crippen molar-refractivity contribution < 1.29 is 20.1 Å². The van der Waals surface area contributed by atoms with Gasteiger partial charge >= 0.3 is 0 Å². The normalized spacial score (nSPS) is 11.0. The summed E-state index contributed by atoms with van der Waals surface area (Å²) in [5.41, 5.74) is 1.10. The number of allylic oxidation sites excluding steroid dienone is 1. The molecule has 2 aromatic rings. The first-order valence-corrected chi connectivity index (χ1v) is 5.92. The van der Waals surface area contributed by atoms with Crippen molar-refractivity contribution in [2.24, 2.45) is 0 Å². The second kappa shape index (κ2) is 5.84. The number of ether oxygens (including phenoxy) is 1. The number of hydrogen-bond donors (Lipinski definition) is 3. The van der Waals surface area contributed by atoms with Crippen molar-refractivity contribution in [3.05, 3.63) is 41.7 Å². The van der Waals surface area contributed by atoms with Crippen molar-refractivity contribution >= 4 is 11.6 Å². The Balaban J connectivity index is 2.62. The maximum atomic E-state index is 9.76. The number of aromatic hydroxyl groups is 3. The van der Waals surface area contributed by atoms with Crippen LogP contribution in [0.4, 0.5) is 0 Å². The van der Waals surface area contributed by atoms with Gasteiger partial charge in [-0.15, -0.1) is 0 Å². The highest BCUT2D eigenvalue weighted by Gasteiger charge is 2.17. The number of benzene rings is 1. The molecule has 6 nitrogen and oxygen atoms in total. The van der Waals surface area contributed by atoms with Gasteiger partial charge in [-0.25, -0.2) is 0 Å². The first kappa shape index (κ1) is 14.2. The van der Waals surface area contributed by atoms with E-state index >= 15 is 0 Å². The summed E-state index contributed by atoms with van der Waals surface area (Å²) >= 11 is 0. The minimum absolute atomic E-state index is 0.0399. The quantitative estimate of drug-likeness (QED) is 0.589. The molecule has 3 N–H and O–H groups in total. The van der Waals surface area contributed by atoms with Crippen LogP contribution in [0.15, 0.2) is 30.6 Å². The maximum Gasteiger partial charge on any atom is 0.205 e. The number of nitrogens with zero attached hydrogens (tertiary/aromatic N) is 2. The highest BCUT2D eigenvalue weighted by molar-refractivity contribution is 5.91. The molecule has 1 heterocycles. The smallest absolute Gasteiger partial charge is 0.205 e. The van der Waals surface area contributed by atoms with E-state index in [1.54, 1.807) is 18.3 Å². The number of nitriles is 1. The molecule has 0 aliphatic rings. The van der Waals surface area contributed by atoms with Crippen LogP contribution in [0.2, 0.25) is 0 Å². The summed E-state index contributed by atoms with van der Waals surface area (Å²) in [6.45, 7) is 0. The summed E-state index contributed by atoms with van der Waals surface area (Å²) in [7, 11) is 1.30. The molecule has 0 aliphatic carbocycles. The van der Waals surface area contributed by atoms with Crippen LogP contribution in [0.25, 0.3) is 11.6 Å². The number of phenols is 3. The molecule has 1 aromatic heterocycles. The molecule has 0 atom stereocenters. The van der Waals surface area contributed by atoms with Crippen LogP contribution in [0, 0.1) is 11.3 Å². The van der Waals surface area contributed by atoms with Gasteiger partial charge in [-0.1, -0.05) is 6.07 Å². The van der Waals surface area contributed by atoms with Crippen LogP contribution in [0.1, 0.15) is 11.1 Å². The van der Waals surface area contributed by atoms with Gasteiger partial charge in [-0.05, 0) is 18.2 Å². The average Bonchev–Trinajstić information content (AvgIpc) is 2.51. The lowest BCUT2D eigenvalue weighted by Crippen LogP contribution is -1.90. The van der Waals surface area contributed by atoms with Crippen LogP contribution in [-0.4, -0.2) is 27.4 Å². The molecule has 0 bridgehead atoms. The van der Waals surface area contributed by atoms with E-state index in [4.69, 9.17) is 4.74 Å². The monoisotopic (exact) mass is 284 g/mol. The topological polar surface area (TPSA) is 107 Å². The van der Waals surface area contributed by atoms with Crippen molar-refractivity contribution in [1.29, 1.82) is 5.26 Å². The first-order valence-electron chi connectivity index (χ1n) is 5.92. The molecule has 6 heteroatoms. The highest BCUT2D eigenvalue weighted by atomic mass is 16.5. The molecular weight excluding hydrogens is 272 g/mol. The molecule has 2 rings (SSSR count). The van der Waals surface area contributed by atoms with Gasteiger partial charge in [0.15, 0.2) is 11.5 Å². The van der Waals surface area contributed by atoms with Gasteiger partial charge in [-0.2, -0.15) is 5.26 Å². The second-order valence-corrected chi connectivity index (χ2v) is 4.13. The fourth-order valence-electron chi connectivity index (χ4n) is 1.83. The predicted molar refractivity (Wildman–Crippen MR) is 75.7 cm³/mol. The van der Waals surface area contributed by atoms with E-state index in [0.717, 1.165) is 0 Å². The number of phenolic OH excluding ortho intramolecular Hbond substituents is 3. The summed E-state index contributed by atoms with van der Waals surface area (Å²) in [5, 5.41) is 38.0. The molecule has 0 saturated heterocycles. The van der Waals surface area contributed by atoms with Crippen molar-refractivity contribution in [3.63, 3.8) is 0 Å². The van der Waals surface area contributed by atoms with Crippen molar-refractivity contribution in [2.45, 2.75) is 0 Å². The van der Waals surface area contributed by atoms with E-state index in [1.807, 2.05) is 6.07 Å². The van der Waals surface area contributed by atoms with Crippen LogP contribution in [0.3, 0.4) is 0 Å². The third-order valence-electron chi connectivity index (χ3n) is 2.83. The fourth-order valence-corrected chi connectivity index (χ4v) is 1.83. The Hall–Kier alpha value is -3.20. The van der Waals surface area contributed by atoms with Gasteiger partial charge in [0.1, 0.15) is 0 Å². The lowest BCUT2D eigenvalue weighted by molar-refractivity contribution is 0.335. The molecule has 0 amide bonds. The summed E-state index contributed by atoms with van der Waals surface area (Å²) < 4.78 is 5.00. The zero-order valence-electron chi connectivity index (χ0n) is 11.1. The second-order valence-electron chi connectivity index (χ2n) is 4.13. The summed E-state index contributed by atoms with van der Waals surface area (Å²) in [5.74, 6) is -1.82. The Morgan fingerprint density at radius 3 is 2.67 bits per heavy atom. The minimum Gasteiger partial charge on any atom is -0.504 e. The molecule has 0 aliphatic heterocycles. The molecule has 1 aromatic carbocycles. The van der Waals surface area contributed by atoms with Crippen LogP contribution in [-0.2, 0) is 0 Å². The van der Waals surface area contributed by atoms with E-state index in [9.17, 15) is 20.6 Å². The van der Waals surface area contributed by atoms with Gasteiger partial charge in [0, 0.05) is 23.5 Å². The number of hydrogen-bond acceptors (Lipinski definition) is 6. The van der Waals surface area contributed by atoms with Gasteiger partial charge in [-0.3, -0.25) is 4.98 Å². The van der Waals surface area contributed by atoms with Crippen LogP contribution >= 0.6 is 0 Å². The largest absolute Gasteiger partial charge is 0.504 e. The van der Waals surface area contributed by atoms with Crippen LogP contribution in [0.5, 0.6) is 23.0 Å². The first-order chi connectivity index (χ1) is 10.1. The average molecular weight is 284 g/mol. The van der Waals surface area contributed by atoms with Gasteiger partial charge in [0.2, 0.25) is 11.5 Å². The zero-order chi connectivity index (χ0) is 15.4. The molecule has 0 radical (unpaired) electrons. The Bertz CT molecular complexity index is 734. The Kier molecular flexibility index (Phi) is 3.95. The van der Waals surface area contributed by atoms with E-state index in [2.05, 4.69) is 4.98 Å². The molecule has 106 valence electrons. The van der Waals surface area contributed by atoms with E-state index in [-0.39, 0.29) is 16.9 Å². The van der Waals surface area contributed by atoms with Gasteiger partial charge < -0.3 is 20.1 Å². The number of methoxy groups -OCH3 is 1. The Labute approximate surface area is 120 Å². The Morgan fingerprint density at radius 2 is 2.10 bits per heavy atom. The number of aromatic nitrogens is 1. The van der Waals surface area contributed by atoms with Crippen molar-refractivity contribution in [1.82, 2.24) is 4.98 Å². The predicted octanol–water partition coefficient (Wildman–Crippen LogP) is 2.27. The van der Waals surface area contributed by atoms with Gasteiger partial charge in [0.25, 0.3) is 0 Å². The standard InChI is InChI=1S/C15H12N2O4/c1-21-15-10(6-12(18)13(19)14(15)20)5-11(7-16)9-3-2-4-17-8-9/h2-6,8,18-20H,1H3/b11-5-. The summed E-state index contributed by atoms with van der Waals surface area (Å²) in [6.07, 6.45) is 4.52. The van der Waals surface area contributed by atoms with E-state index in [1.165, 1.54) is 25.4 Å². The van der Waals surface area contributed by atoms with Crippen molar-refractivity contribution in [2.75, 3.05) is 7.11 Å². The highest BCUT2D eigenvalue weighted by Crippen LogP contribution is 2.45. The van der Waals surface area contributed by atoms with Crippen LogP contribution < -0.4 is 4.74 Å². The molecule has 0 unspecified atom stereocenters. The van der Waals surface area contributed by atoms with E-state index in [0.29, 0.717) is 5.56 Å². The molecular formula is C15H12N2O4. The van der Waals surface area contributed by atoms with E-state index < -0.39 is 17.2 Å². The lowest BCUT2D eigenvalue weighted by Gasteiger charge is -2.10. The molecule has 21 heavy (non-hydrogen) atoms. The third-order valence-corrected chi connectivity index (χ3v) is 2.83. The fraction of sp³-hybridized carbons (Fsp3) is 0.0667. The third kappa shape index (κ3) is 2.72. The maximum absolute atomic E-state index is 9.76. The SMILES string of the molecule is COc1c(/C=C(/C#N)c2cccnc2)cc(O)c(O)c1O. The summed E-state index contributed by atoms with van der Waals surface area (Å²) in [6, 6.07) is 6.59. The summed E-state index contributed by atoms with van der Waals surface area (Å²) in [4.78, 5) is 3.93. The van der Waals surface area contributed by atoms with Gasteiger partial charge in [0.05, 0.1) is 18.8 Å². The number of pyridine rings is 1.